The molecule has 4 amide bonds. The van der Waals surface area contributed by atoms with E-state index in [1.807, 2.05) is 13.8 Å². The minimum absolute atomic E-state index is 0.0258. The third kappa shape index (κ3) is 4.01. The topological polar surface area (TPSA) is 96.0 Å². The standard InChI is InChI=1S/C24H37N3O5/c1-14(2)13-16(25-22(31)32-23(3,4)5)20(29)26-12-9-17-18(26)24(10-6-11-24)21(30)27(17)19(28)15-7-8-15/h14-18H,6-13H2,1-5H3,(H,25,31)/t16-,17-,18-/m0/s1. The van der Waals surface area contributed by atoms with Gasteiger partial charge in [0.05, 0.1) is 17.5 Å². The van der Waals surface area contributed by atoms with Crippen molar-refractivity contribution >= 4 is 23.8 Å². The first-order valence-corrected chi connectivity index (χ1v) is 12.1. The van der Waals surface area contributed by atoms with Gasteiger partial charge in [-0.3, -0.25) is 19.3 Å². The predicted octanol–water partition coefficient (Wildman–Crippen LogP) is 2.84. The zero-order chi connectivity index (χ0) is 23.4. The highest BCUT2D eigenvalue weighted by Crippen LogP contribution is 2.56. The molecule has 8 heteroatoms. The molecule has 0 unspecified atom stereocenters. The third-order valence-corrected chi connectivity index (χ3v) is 7.30. The number of ether oxygens (including phenoxy) is 1. The van der Waals surface area contributed by atoms with Crippen LogP contribution in [-0.4, -0.2) is 63.9 Å². The second kappa shape index (κ2) is 8.03. The van der Waals surface area contributed by atoms with Crippen molar-refractivity contribution in [3.63, 3.8) is 0 Å². The number of carbonyl (C=O) groups excluding carboxylic acids is 4. The van der Waals surface area contributed by atoms with Crippen molar-refractivity contribution in [1.29, 1.82) is 0 Å². The van der Waals surface area contributed by atoms with Crippen LogP contribution in [0.2, 0.25) is 0 Å². The van der Waals surface area contributed by atoms with E-state index in [-0.39, 0.29) is 41.6 Å². The Bertz CT molecular complexity index is 809. The highest BCUT2D eigenvalue weighted by atomic mass is 16.6. The van der Waals surface area contributed by atoms with Crippen LogP contribution in [0.5, 0.6) is 0 Å². The lowest BCUT2D eigenvalue weighted by molar-refractivity contribution is -0.152. The van der Waals surface area contributed by atoms with Crippen LogP contribution in [0.4, 0.5) is 4.79 Å². The number of alkyl carbamates (subject to hydrolysis) is 1. The van der Waals surface area contributed by atoms with E-state index in [0.29, 0.717) is 19.4 Å². The van der Waals surface area contributed by atoms with E-state index in [1.165, 1.54) is 4.90 Å². The fraction of sp³-hybridized carbons (Fsp3) is 0.833. The third-order valence-electron chi connectivity index (χ3n) is 7.30. The number of carbonyl (C=O) groups is 4. The number of likely N-dealkylation sites (tertiary alicyclic amines) is 2. The van der Waals surface area contributed by atoms with Crippen LogP contribution in [0.25, 0.3) is 0 Å². The molecule has 4 aliphatic rings. The van der Waals surface area contributed by atoms with Gasteiger partial charge < -0.3 is 15.0 Å². The first-order valence-electron chi connectivity index (χ1n) is 12.1. The summed E-state index contributed by atoms with van der Waals surface area (Å²) in [5.74, 6) is -0.130. The average Bonchev–Trinajstić information content (AvgIpc) is 3.34. The lowest BCUT2D eigenvalue weighted by Crippen LogP contribution is -2.57. The maximum atomic E-state index is 13.7. The molecule has 2 aliphatic carbocycles. The molecule has 4 rings (SSSR count). The summed E-state index contributed by atoms with van der Waals surface area (Å²) in [4.78, 5) is 55.9. The fourth-order valence-corrected chi connectivity index (χ4v) is 5.68. The summed E-state index contributed by atoms with van der Waals surface area (Å²) in [6.07, 6.45) is 4.57. The number of nitrogens with one attached hydrogen (secondary N) is 1. The smallest absolute Gasteiger partial charge is 0.408 e. The van der Waals surface area contributed by atoms with Gasteiger partial charge in [-0.15, -0.1) is 0 Å². The molecule has 2 aliphatic heterocycles. The highest BCUT2D eigenvalue weighted by Gasteiger charge is 2.68. The molecule has 2 heterocycles. The van der Waals surface area contributed by atoms with Gasteiger partial charge in [-0.05, 0) is 65.2 Å². The molecular weight excluding hydrogens is 410 g/mol. The molecule has 178 valence electrons. The summed E-state index contributed by atoms with van der Waals surface area (Å²) < 4.78 is 5.39. The lowest BCUT2D eigenvalue weighted by Gasteiger charge is -2.44. The van der Waals surface area contributed by atoms with E-state index >= 15 is 0 Å². The van der Waals surface area contributed by atoms with Gasteiger partial charge in [0, 0.05) is 12.5 Å². The summed E-state index contributed by atoms with van der Waals surface area (Å²) in [7, 11) is 0. The predicted molar refractivity (Wildman–Crippen MR) is 117 cm³/mol. The molecule has 1 spiro atoms. The summed E-state index contributed by atoms with van der Waals surface area (Å²) in [5, 5.41) is 2.78. The number of rotatable bonds is 5. The van der Waals surface area contributed by atoms with Gasteiger partial charge in [0.2, 0.25) is 17.7 Å². The van der Waals surface area contributed by atoms with Crippen molar-refractivity contribution in [3.8, 4) is 0 Å². The molecule has 0 aromatic heterocycles. The first-order chi connectivity index (χ1) is 14.9. The Hall–Kier alpha value is -2.12. The molecule has 0 aromatic carbocycles. The molecular formula is C24H37N3O5. The van der Waals surface area contributed by atoms with Gasteiger partial charge in [-0.2, -0.15) is 0 Å². The molecule has 2 saturated heterocycles. The fourth-order valence-electron chi connectivity index (χ4n) is 5.68. The minimum Gasteiger partial charge on any atom is -0.444 e. The Morgan fingerprint density at radius 3 is 2.31 bits per heavy atom. The summed E-state index contributed by atoms with van der Waals surface area (Å²) in [6.45, 7) is 9.87. The molecule has 0 bridgehead atoms. The number of hydrogen-bond acceptors (Lipinski definition) is 5. The Morgan fingerprint density at radius 2 is 1.81 bits per heavy atom. The maximum Gasteiger partial charge on any atom is 0.408 e. The second-order valence-corrected chi connectivity index (χ2v) is 11.5. The number of hydrogen-bond donors (Lipinski definition) is 1. The minimum atomic E-state index is -0.719. The molecule has 3 atom stereocenters. The van der Waals surface area contributed by atoms with Crippen molar-refractivity contribution in [2.45, 2.75) is 103 Å². The van der Waals surface area contributed by atoms with Crippen LogP contribution in [-0.2, 0) is 19.1 Å². The lowest BCUT2D eigenvalue weighted by atomic mass is 9.64. The summed E-state index contributed by atoms with van der Waals surface area (Å²) in [6, 6.07) is -1.24. The van der Waals surface area contributed by atoms with Crippen LogP contribution < -0.4 is 5.32 Å². The molecule has 32 heavy (non-hydrogen) atoms. The summed E-state index contributed by atoms with van der Waals surface area (Å²) in [5.41, 5.74) is -1.29. The van der Waals surface area contributed by atoms with Crippen molar-refractivity contribution in [2.75, 3.05) is 6.54 Å². The van der Waals surface area contributed by atoms with Crippen LogP contribution >= 0.6 is 0 Å². The zero-order valence-electron chi connectivity index (χ0n) is 20.0. The van der Waals surface area contributed by atoms with Gasteiger partial charge in [-0.25, -0.2) is 4.79 Å². The molecule has 4 fully saturated rings. The number of nitrogens with zero attached hydrogens (tertiary/aromatic N) is 2. The molecule has 0 aromatic rings. The Morgan fingerprint density at radius 1 is 1.16 bits per heavy atom. The van der Waals surface area contributed by atoms with Crippen LogP contribution in [0.3, 0.4) is 0 Å². The normalized spacial score (nSPS) is 27.4. The quantitative estimate of drug-likeness (QED) is 0.654. The number of amides is 4. The molecule has 8 nitrogen and oxygen atoms in total. The van der Waals surface area contributed by atoms with E-state index in [0.717, 1.165) is 32.1 Å². The molecule has 0 radical (unpaired) electrons. The monoisotopic (exact) mass is 447 g/mol. The molecule has 1 N–H and O–H groups in total. The van der Waals surface area contributed by atoms with Crippen LogP contribution in [0.1, 0.15) is 79.6 Å². The first kappa shape index (κ1) is 23.1. The van der Waals surface area contributed by atoms with E-state index in [9.17, 15) is 19.2 Å². The van der Waals surface area contributed by atoms with Crippen LogP contribution in [0.15, 0.2) is 0 Å². The van der Waals surface area contributed by atoms with Gasteiger partial charge >= 0.3 is 6.09 Å². The van der Waals surface area contributed by atoms with Gasteiger partial charge in [0.1, 0.15) is 11.6 Å². The van der Waals surface area contributed by atoms with E-state index in [2.05, 4.69) is 5.32 Å². The van der Waals surface area contributed by atoms with Crippen molar-refractivity contribution in [2.24, 2.45) is 17.3 Å². The Balaban J connectivity index is 1.56. The van der Waals surface area contributed by atoms with Gasteiger partial charge in [0.25, 0.3) is 0 Å². The Labute approximate surface area is 190 Å². The average molecular weight is 448 g/mol. The molecule has 2 saturated carbocycles. The summed E-state index contributed by atoms with van der Waals surface area (Å²) >= 11 is 0. The van der Waals surface area contributed by atoms with E-state index < -0.39 is 23.2 Å². The number of fused-ring (bicyclic) bond motifs is 2. The van der Waals surface area contributed by atoms with Crippen molar-refractivity contribution in [1.82, 2.24) is 15.1 Å². The zero-order valence-corrected chi connectivity index (χ0v) is 20.0. The van der Waals surface area contributed by atoms with Gasteiger partial charge in [0.15, 0.2) is 0 Å². The maximum absolute atomic E-state index is 13.7. The van der Waals surface area contributed by atoms with E-state index in [4.69, 9.17) is 4.74 Å². The Kier molecular flexibility index (Phi) is 5.78. The van der Waals surface area contributed by atoms with Gasteiger partial charge in [-0.1, -0.05) is 20.3 Å². The van der Waals surface area contributed by atoms with Crippen LogP contribution in [0, 0.1) is 17.3 Å². The largest absolute Gasteiger partial charge is 0.444 e. The van der Waals surface area contributed by atoms with Crippen molar-refractivity contribution in [3.05, 3.63) is 0 Å². The highest BCUT2D eigenvalue weighted by molar-refractivity contribution is 6.04. The number of imide groups is 1. The second-order valence-electron chi connectivity index (χ2n) is 11.5. The van der Waals surface area contributed by atoms with E-state index in [1.54, 1.807) is 25.7 Å². The SMILES string of the molecule is CC(C)C[C@H](NC(=O)OC(C)(C)C)C(=O)N1CC[C@H]2[C@H]1C1(CCC1)C(=O)N2C(=O)C1CC1. The van der Waals surface area contributed by atoms with Crippen molar-refractivity contribution < 1.29 is 23.9 Å².